The average molecular weight is 470 g/mol. The Morgan fingerprint density at radius 3 is 2.66 bits per heavy atom. The van der Waals surface area contributed by atoms with E-state index in [1.54, 1.807) is 18.3 Å². The summed E-state index contributed by atoms with van der Waals surface area (Å²) in [5.41, 5.74) is 1.91. The van der Waals surface area contributed by atoms with Gasteiger partial charge < -0.3 is 14.9 Å². The Labute approximate surface area is 200 Å². The van der Waals surface area contributed by atoms with Crippen molar-refractivity contribution >= 4 is 17.3 Å². The van der Waals surface area contributed by atoms with Crippen LogP contribution in [0.15, 0.2) is 64.4 Å². The lowest BCUT2D eigenvalue weighted by molar-refractivity contribution is 0.101. The molecule has 0 spiro atoms. The highest BCUT2D eigenvalue weighted by Crippen LogP contribution is 2.41. The first-order valence-electron chi connectivity index (χ1n) is 10.7. The van der Waals surface area contributed by atoms with Crippen molar-refractivity contribution in [2.45, 2.75) is 25.7 Å². The molecule has 0 aliphatic heterocycles. The molecule has 1 aromatic carbocycles. The number of aryl methyl sites for hydroxylation is 1. The monoisotopic (exact) mass is 470 g/mol. The summed E-state index contributed by atoms with van der Waals surface area (Å²) in [6, 6.07) is 11.0. The first-order chi connectivity index (χ1) is 16.8. The van der Waals surface area contributed by atoms with Gasteiger partial charge in [0.05, 0.1) is 12.8 Å². The third-order valence-corrected chi connectivity index (χ3v) is 5.80. The van der Waals surface area contributed by atoms with E-state index in [0.717, 1.165) is 16.8 Å². The van der Waals surface area contributed by atoms with Gasteiger partial charge in [0.2, 0.25) is 5.75 Å². The minimum absolute atomic E-state index is 0.251. The van der Waals surface area contributed by atoms with Crippen molar-refractivity contribution in [1.82, 2.24) is 19.7 Å². The molecule has 0 aliphatic rings. The molecular formula is C25H22N6O4. The Kier molecular flexibility index (Phi) is 6.42. The summed E-state index contributed by atoms with van der Waals surface area (Å²) in [7, 11) is 1.48. The van der Waals surface area contributed by atoms with Crippen LogP contribution in [0.5, 0.6) is 5.75 Å². The lowest BCUT2D eigenvalue weighted by Gasteiger charge is -2.27. The Morgan fingerprint density at radius 1 is 1.23 bits per heavy atom. The molecule has 2 atom stereocenters. The molecule has 0 radical (unpaired) electrons. The van der Waals surface area contributed by atoms with E-state index in [-0.39, 0.29) is 11.5 Å². The van der Waals surface area contributed by atoms with Crippen LogP contribution in [0.4, 0.5) is 11.4 Å². The summed E-state index contributed by atoms with van der Waals surface area (Å²) in [5.74, 6) is -2.19. The summed E-state index contributed by atoms with van der Waals surface area (Å²) in [6.07, 6.45) is 4.22. The van der Waals surface area contributed by atoms with E-state index in [4.69, 9.17) is 11.1 Å². The van der Waals surface area contributed by atoms with Gasteiger partial charge in [0, 0.05) is 30.8 Å². The molecule has 0 saturated carbocycles. The highest BCUT2D eigenvalue weighted by Gasteiger charge is 2.30. The van der Waals surface area contributed by atoms with Crippen molar-refractivity contribution in [1.29, 1.82) is 0 Å². The second-order valence-electron chi connectivity index (χ2n) is 8.07. The second kappa shape index (κ2) is 9.61. The van der Waals surface area contributed by atoms with Gasteiger partial charge in [-0.25, -0.2) is 9.83 Å². The van der Waals surface area contributed by atoms with Crippen LogP contribution >= 0.6 is 0 Å². The number of benzene rings is 1. The van der Waals surface area contributed by atoms with Crippen molar-refractivity contribution in [2.75, 3.05) is 5.32 Å². The molecule has 35 heavy (non-hydrogen) atoms. The SMILES string of the molecule is [C-]#[N+]c1ccccc1C(c1ccc(C)nc1)C(C)c1nc(C(=O)Nc2cnoc2)c(O)c(=O)n1C. The van der Waals surface area contributed by atoms with Gasteiger partial charge in [-0.1, -0.05) is 42.4 Å². The topological polar surface area (TPSA) is 128 Å². The normalized spacial score (nSPS) is 12.5. The average Bonchev–Trinajstić information content (AvgIpc) is 3.37. The first kappa shape index (κ1) is 23.4. The van der Waals surface area contributed by atoms with Gasteiger partial charge >= 0.3 is 0 Å². The van der Waals surface area contributed by atoms with Gasteiger partial charge in [-0.2, -0.15) is 0 Å². The first-order valence-corrected chi connectivity index (χ1v) is 10.7. The zero-order valence-electron chi connectivity index (χ0n) is 19.3. The van der Waals surface area contributed by atoms with Crippen LogP contribution < -0.4 is 10.9 Å². The molecule has 3 aromatic heterocycles. The molecule has 176 valence electrons. The van der Waals surface area contributed by atoms with Crippen molar-refractivity contribution in [3.05, 3.63) is 105 Å². The van der Waals surface area contributed by atoms with Crippen LogP contribution in [-0.2, 0) is 7.05 Å². The van der Waals surface area contributed by atoms with Crippen molar-refractivity contribution in [3.63, 3.8) is 0 Å². The smallest absolute Gasteiger partial charge is 0.296 e. The van der Waals surface area contributed by atoms with E-state index in [9.17, 15) is 14.7 Å². The number of carbonyl (C=O) groups is 1. The van der Waals surface area contributed by atoms with Gasteiger partial charge in [-0.05, 0) is 24.1 Å². The molecule has 2 unspecified atom stereocenters. The lowest BCUT2D eigenvalue weighted by atomic mass is 9.80. The Balaban J connectivity index is 1.86. The molecule has 4 rings (SSSR count). The number of amides is 1. The van der Waals surface area contributed by atoms with E-state index >= 15 is 0 Å². The fourth-order valence-electron chi connectivity index (χ4n) is 4.03. The maximum Gasteiger partial charge on any atom is 0.296 e. The zero-order chi connectivity index (χ0) is 25.1. The molecule has 0 fully saturated rings. The van der Waals surface area contributed by atoms with E-state index in [2.05, 4.69) is 25.3 Å². The Hall–Kier alpha value is -4.78. The van der Waals surface area contributed by atoms with Crippen molar-refractivity contribution in [3.8, 4) is 5.75 Å². The highest BCUT2D eigenvalue weighted by atomic mass is 16.5. The van der Waals surface area contributed by atoms with E-state index in [0.29, 0.717) is 5.69 Å². The minimum Gasteiger partial charge on any atom is -0.501 e. The predicted octanol–water partition coefficient (Wildman–Crippen LogP) is 3.92. The number of nitrogens with zero attached hydrogens (tertiary/aromatic N) is 5. The number of aromatic hydroxyl groups is 1. The molecule has 10 nitrogen and oxygen atoms in total. The van der Waals surface area contributed by atoms with Gasteiger partial charge in [0.15, 0.2) is 11.4 Å². The molecular weight excluding hydrogens is 448 g/mol. The van der Waals surface area contributed by atoms with Gasteiger partial charge in [-0.15, -0.1) is 0 Å². The summed E-state index contributed by atoms with van der Waals surface area (Å²) in [5, 5.41) is 16.4. The summed E-state index contributed by atoms with van der Waals surface area (Å²) in [4.78, 5) is 38.2. The van der Waals surface area contributed by atoms with Crippen LogP contribution in [0.1, 0.15) is 51.9 Å². The number of aromatic nitrogens is 4. The van der Waals surface area contributed by atoms with Crippen LogP contribution in [0.3, 0.4) is 0 Å². The number of rotatable bonds is 6. The Bertz CT molecular complexity index is 1470. The maximum atomic E-state index is 12.9. The van der Waals surface area contributed by atoms with Gasteiger partial charge in [0.1, 0.15) is 17.8 Å². The van der Waals surface area contributed by atoms with Crippen molar-refractivity contribution in [2.24, 2.45) is 7.05 Å². The maximum absolute atomic E-state index is 12.9. The number of carbonyl (C=O) groups excluding carboxylic acids is 1. The number of hydrogen-bond acceptors (Lipinski definition) is 7. The molecule has 0 bridgehead atoms. The predicted molar refractivity (Wildman–Crippen MR) is 128 cm³/mol. The van der Waals surface area contributed by atoms with Crippen LogP contribution in [0, 0.1) is 13.5 Å². The molecule has 4 aromatic rings. The molecule has 2 N–H and O–H groups in total. The molecule has 10 heteroatoms. The van der Waals surface area contributed by atoms with Crippen LogP contribution in [0.25, 0.3) is 4.85 Å². The van der Waals surface area contributed by atoms with Gasteiger partial charge in [-0.3, -0.25) is 19.1 Å². The minimum atomic E-state index is -0.785. The van der Waals surface area contributed by atoms with Crippen LogP contribution in [-0.4, -0.2) is 30.7 Å². The number of anilines is 1. The lowest BCUT2D eigenvalue weighted by Crippen LogP contribution is -2.29. The fourth-order valence-corrected chi connectivity index (χ4v) is 4.03. The van der Waals surface area contributed by atoms with Crippen LogP contribution in [0.2, 0.25) is 0 Å². The Morgan fingerprint density at radius 2 is 2.00 bits per heavy atom. The standard InChI is InChI=1S/C25H22N6O4/c1-14-9-10-16(11-27-14)20(18-7-5-6-8-19(18)26-3)15(2)23-30-21(22(32)25(34)31(23)4)24(33)29-17-12-28-35-13-17/h5-13,15,20,32H,1-2,4H3,(H,29,33). The third kappa shape index (κ3) is 4.52. The summed E-state index contributed by atoms with van der Waals surface area (Å²) in [6.45, 7) is 11.4. The van der Waals surface area contributed by atoms with Crippen molar-refractivity contribution < 1.29 is 14.4 Å². The van der Waals surface area contributed by atoms with E-state index < -0.39 is 34.7 Å². The van der Waals surface area contributed by atoms with E-state index in [1.807, 2.05) is 38.1 Å². The summed E-state index contributed by atoms with van der Waals surface area (Å²) >= 11 is 0. The number of hydrogen-bond donors (Lipinski definition) is 2. The number of pyridine rings is 1. The van der Waals surface area contributed by atoms with Gasteiger partial charge in [0.25, 0.3) is 11.5 Å². The highest BCUT2D eigenvalue weighted by molar-refractivity contribution is 6.04. The number of nitrogens with one attached hydrogen (secondary N) is 1. The molecule has 0 aliphatic carbocycles. The fraction of sp³-hybridized carbons (Fsp3) is 0.200. The molecule has 1 amide bonds. The second-order valence-corrected chi connectivity index (χ2v) is 8.07. The largest absolute Gasteiger partial charge is 0.501 e. The zero-order valence-corrected chi connectivity index (χ0v) is 19.3. The third-order valence-electron chi connectivity index (χ3n) is 5.80. The number of para-hydroxylation sites is 1. The quantitative estimate of drug-likeness (QED) is 0.409. The molecule has 3 heterocycles. The van der Waals surface area contributed by atoms with E-state index in [1.165, 1.54) is 24.1 Å². The summed E-state index contributed by atoms with van der Waals surface area (Å²) < 4.78 is 5.92. The molecule has 0 saturated heterocycles.